The lowest BCUT2D eigenvalue weighted by atomic mass is 10.1. The number of nitrogens with zero attached hydrogens (tertiary/aromatic N) is 3. The van der Waals surface area contributed by atoms with Gasteiger partial charge in [-0.05, 0) is 29.5 Å². The van der Waals surface area contributed by atoms with E-state index < -0.39 is 17.1 Å². The molecule has 1 atom stereocenters. The topological polar surface area (TPSA) is 59.8 Å². The molecule has 0 spiro atoms. The zero-order chi connectivity index (χ0) is 19.2. The highest BCUT2D eigenvalue weighted by molar-refractivity contribution is 9.10. The van der Waals surface area contributed by atoms with Crippen molar-refractivity contribution in [2.45, 2.75) is 16.2 Å². The minimum absolute atomic E-state index is 0.0877. The van der Waals surface area contributed by atoms with E-state index in [1.807, 2.05) is 0 Å². The Bertz CT molecular complexity index is 1010. The summed E-state index contributed by atoms with van der Waals surface area (Å²) in [5, 5.41) is 6.00. The molecule has 0 unspecified atom stereocenters. The van der Waals surface area contributed by atoms with Crippen molar-refractivity contribution in [3.8, 4) is 11.4 Å². The van der Waals surface area contributed by atoms with Gasteiger partial charge in [0, 0.05) is 10.0 Å². The van der Waals surface area contributed by atoms with Gasteiger partial charge in [-0.25, -0.2) is 9.78 Å². The molecule has 0 fully saturated rings. The summed E-state index contributed by atoms with van der Waals surface area (Å²) < 4.78 is 43.8. The van der Waals surface area contributed by atoms with E-state index in [-0.39, 0.29) is 16.5 Å². The van der Waals surface area contributed by atoms with E-state index in [0.29, 0.717) is 17.3 Å². The van der Waals surface area contributed by atoms with Crippen LogP contribution in [0.3, 0.4) is 0 Å². The molecule has 0 radical (unpaired) electrons. The lowest BCUT2D eigenvalue weighted by Gasteiger charge is -2.37. The molecule has 1 aliphatic heterocycles. The standard InChI is InChI=1S/C17H10BrF3N4OS/c18-12-8-6-10(7-9-12)13-22-15-25(24-13)14(26)23-16(27-15,17(19,20)21)11-4-2-1-3-5-11/h1-9H,(H,23,26)/t16-/m1/s1. The Kier molecular flexibility index (Phi) is 4.26. The number of aromatic nitrogens is 3. The number of halogens is 4. The summed E-state index contributed by atoms with van der Waals surface area (Å²) in [7, 11) is 0. The van der Waals surface area contributed by atoms with Crippen molar-refractivity contribution < 1.29 is 18.0 Å². The van der Waals surface area contributed by atoms with Crippen LogP contribution in [0.1, 0.15) is 5.56 Å². The van der Waals surface area contributed by atoms with E-state index in [0.717, 1.165) is 9.15 Å². The molecule has 4 rings (SSSR count). The number of hydrogen-bond donors (Lipinski definition) is 1. The molecule has 1 aliphatic rings. The van der Waals surface area contributed by atoms with Crippen molar-refractivity contribution >= 4 is 33.7 Å². The molecule has 138 valence electrons. The molecule has 0 saturated carbocycles. The van der Waals surface area contributed by atoms with Crippen LogP contribution in [0.5, 0.6) is 0 Å². The summed E-state index contributed by atoms with van der Waals surface area (Å²) in [6.07, 6.45) is -4.75. The third kappa shape index (κ3) is 3.02. The Morgan fingerprint density at radius 2 is 1.74 bits per heavy atom. The van der Waals surface area contributed by atoms with Crippen LogP contribution in [0, 0.1) is 0 Å². The molecule has 1 aromatic heterocycles. The number of nitrogens with one attached hydrogen (secondary N) is 1. The highest BCUT2D eigenvalue weighted by Crippen LogP contribution is 2.51. The summed E-state index contributed by atoms with van der Waals surface area (Å²) in [6, 6.07) is 13.2. The quantitative estimate of drug-likeness (QED) is 0.604. The lowest BCUT2D eigenvalue weighted by Crippen LogP contribution is -2.57. The van der Waals surface area contributed by atoms with Gasteiger partial charge in [-0.1, -0.05) is 58.4 Å². The molecule has 0 bridgehead atoms. The van der Waals surface area contributed by atoms with E-state index in [4.69, 9.17) is 0 Å². The first-order chi connectivity index (χ1) is 12.8. The minimum atomic E-state index is -4.75. The third-order valence-electron chi connectivity index (χ3n) is 3.98. The zero-order valence-corrected chi connectivity index (χ0v) is 15.8. The van der Waals surface area contributed by atoms with Crippen LogP contribution in [0.15, 0.2) is 64.2 Å². The van der Waals surface area contributed by atoms with Crippen molar-refractivity contribution in [1.82, 2.24) is 20.1 Å². The van der Waals surface area contributed by atoms with Crippen molar-refractivity contribution in [3.63, 3.8) is 0 Å². The number of carbonyl (C=O) groups excluding carboxylic acids is 1. The summed E-state index contributed by atoms with van der Waals surface area (Å²) in [6.45, 7) is 0. The van der Waals surface area contributed by atoms with Crippen LogP contribution in [0.2, 0.25) is 0 Å². The second-order valence-electron chi connectivity index (χ2n) is 5.71. The van der Waals surface area contributed by atoms with Gasteiger partial charge >= 0.3 is 12.2 Å². The fourth-order valence-corrected chi connectivity index (χ4v) is 4.07. The first kappa shape index (κ1) is 18.1. The fourth-order valence-electron chi connectivity index (χ4n) is 2.68. The molecule has 2 aromatic carbocycles. The van der Waals surface area contributed by atoms with Gasteiger partial charge in [-0.15, -0.1) is 5.10 Å². The highest BCUT2D eigenvalue weighted by Gasteiger charge is 2.61. The number of carbonyl (C=O) groups is 1. The summed E-state index contributed by atoms with van der Waals surface area (Å²) in [5.41, 5.74) is 0.501. The molecule has 10 heteroatoms. The van der Waals surface area contributed by atoms with Gasteiger partial charge < -0.3 is 5.32 Å². The number of alkyl halides is 3. The maximum absolute atomic E-state index is 14.0. The SMILES string of the molecule is O=C1N[C@@](c2ccccc2)(C(F)(F)F)Sc2nc(-c3ccc(Br)cc3)nn21. The average Bonchev–Trinajstić information content (AvgIpc) is 3.06. The lowest BCUT2D eigenvalue weighted by molar-refractivity contribution is -0.168. The normalized spacial score (nSPS) is 19.5. The Labute approximate surface area is 164 Å². The molecule has 27 heavy (non-hydrogen) atoms. The van der Waals surface area contributed by atoms with Gasteiger partial charge in [0.1, 0.15) is 0 Å². The summed E-state index contributed by atoms with van der Waals surface area (Å²) in [4.78, 5) is 14.0. The van der Waals surface area contributed by atoms with Crippen molar-refractivity contribution in [2.24, 2.45) is 0 Å². The molecule has 0 saturated heterocycles. The Balaban J connectivity index is 1.82. The minimum Gasteiger partial charge on any atom is -0.309 e. The fraction of sp³-hybridized carbons (Fsp3) is 0.118. The number of hydrogen-bond acceptors (Lipinski definition) is 4. The number of amides is 1. The number of rotatable bonds is 2. The van der Waals surface area contributed by atoms with Gasteiger partial charge in [-0.2, -0.15) is 17.9 Å². The number of fused-ring (bicyclic) bond motifs is 1. The van der Waals surface area contributed by atoms with E-state index in [1.54, 1.807) is 30.3 Å². The maximum atomic E-state index is 14.0. The first-order valence-corrected chi connectivity index (χ1v) is 9.28. The molecule has 0 aliphatic carbocycles. The summed E-state index contributed by atoms with van der Waals surface area (Å²) in [5.74, 6) is 0.172. The van der Waals surface area contributed by atoms with Gasteiger partial charge in [0.25, 0.3) is 0 Å². The zero-order valence-electron chi connectivity index (χ0n) is 13.4. The highest BCUT2D eigenvalue weighted by atomic mass is 79.9. The van der Waals surface area contributed by atoms with Crippen molar-refractivity contribution in [1.29, 1.82) is 0 Å². The van der Waals surface area contributed by atoms with Gasteiger partial charge in [-0.3, -0.25) is 0 Å². The second-order valence-corrected chi connectivity index (χ2v) is 7.81. The van der Waals surface area contributed by atoms with Crippen LogP contribution in [-0.4, -0.2) is 27.0 Å². The van der Waals surface area contributed by atoms with Crippen LogP contribution in [-0.2, 0) is 4.87 Å². The molecular formula is C17H10BrF3N4OS. The Morgan fingerprint density at radius 3 is 2.37 bits per heavy atom. The van der Waals surface area contributed by atoms with Crippen LogP contribution < -0.4 is 5.32 Å². The summed E-state index contributed by atoms with van der Waals surface area (Å²) >= 11 is 3.72. The Hall–Kier alpha value is -2.33. The monoisotopic (exact) mass is 454 g/mol. The van der Waals surface area contributed by atoms with Gasteiger partial charge in [0.05, 0.1) is 0 Å². The predicted octanol–water partition coefficient (Wildman–Crippen LogP) is 4.79. The molecule has 3 aromatic rings. The van der Waals surface area contributed by atoms with Crippen LogP contribution in [0.4, 0.5) is 18.0 Å². The van der Waals surface area contributed by atoms with E-state index in [2.05, 4.69) is 31.3 Å². The average molecular weight is 455 g/mol. The molecule has 5 nitrogen and oxygen atoms in total. The first-order valence-electron chi connectivity index (χ1n) is 7.67. The molecular weight excluding hydrogens is 445 g/mol. The van der Waals surface area contributed by atoms with E-state index in [1.165, 1.54) is 24.3 Å². The maximum Gasteiger partial charge on any atom is 0.425 e. The van der Waals surface area contributed by atoms with Crippen LogP contribution >= 0.6 is 27.7 Å². The van der Waals surface area contributed by atoms with Crippen molar-refractivity contribution in [2.75, 3.05) is 0 Å². The largest absolute Gasteiger partial charge is 0.425 e. The van der Waals surface area contributed by atoms with E-state index >= 15 is 0 Å². The smallest absolute Gasteiger partial charge is 0.309 e. The number of benzene rings is 2. The Morgan fingerprint density at radius 1 is 1.07 bits per heavy atom. The van der Waals surface area contributed by atoms with Gasteiger partial charge in [0.2, 0.25) is 4.87 Å². The van der Waals surface area contributed by atoms with E-state index in [9.17, 15) is 18.0 Å². The van der Waals surface area contributed by atoms with Crippen molar-refractivity contribution in [3.05, 3.63) is 64.6 Å². The predicted molar refractivity (Wildman–Crippen MR) is 97.1 cm³/mol. The molecule has 2 heterocycles. The van der Waals surface area contributed by atoms with Crippen LogP contribution in [0.25, 0.3) is 11.4 Å². The molecule has 1 amide bonds. The molecule has 1 N–H and O–H groups in total. The van der Waals surface area contributed by atoms with Gasteiger partial charge in [0.15, 0.2) is 11.0 Å². The third-order valence-corrected chi connectivity index (χ3v) is 5.83. The second kappa shape index (κ2) is 6.38. The number of thioether (sulfide) groups is 1.